The fraction of sp³-hybridized carbons (Fsp3) is 0.706. The molecule has 0 spiro atoms. The van der Waals surface area contributed by atoms with Crippen molar-refractivity contribution < 1.29 is 14.3 Å². The summed E-state index contributed by atoms with van der Waals surface area (Å²) in [6.45, 7) is 7.57. The van der Waals surface area contributed by atoms with Gasteiger partial charge < -0.3 is 9.64 Å². The van der Waals surface area contributed by atoms with Gasteiger partial charge in [-0.3, -0.25) is 9.59 Å². The van der Waals surface area contributed by atoms with Crippen LogP contribution in [-0.2, 0) is 20.7 Å². The van der Waals surface area contributed by atoms with Gasteiger partial charge in [0.15, 0.2) is 0 Å². The van der Waals surface area contributed by atoms with Gasteiger partial charge in [-0.15, -0.1) is 11.3 Å². The van der Waals surface area contributed by atoms with Crippen molar-refractivity contribution in [3.05, 3.63) is 16.1 Å². The predicted octanol–water partition coefficient (Wildman–Crippen LogP) is 2.82. The maximum absolute atomic E-state index is 12.3. The summed E-state index contributed by atoms with van der Waals surface area (Å²) in [5, 5.41) is 0. The molecule has 0 N–H and O–H groups in total. The third-order valence-electron chi connectivity index (χ3n) is 4.52. The van der Waals surface area contributed by atoms with E-state index in [-0.39, 0.29) is 23.7 Å². The Balaban J connectivity index is 1.80. The highest BCUT2D eigenvalue weighted by Crippen LogP contribution is 2.21. The van der Waals surface area contributed by atoms with Gasteiger partial charge in [0.1, 0.15) is 0 Å². The molecule has 1 aromatic heterocycles. The number of aromatic nitrogens is 1. The van der Waals surface area contributed by atoms with Crippen molar-refractivity contribution in [3.8, 4) is 0 Å². The van der Waals surface area contributed by atoms with E-state index in [0.717, 1.165) is 36.4 Å². The first kappa shape index (κ1) is 17.9. The highest BCUT2D eigenvalue weighted by Gasteiger charge is 2.30. The Kier molecular flexibility index (Phi) is 6.57. The molecule has 2 atom stereocenters. The SMILES string of the molecule is CC[C@@H](C)C(=O)N1CCC[C@@H](C(=O)OCCc2scnc2C)C1. The summed E-state index contributed by atoms with van der Waals surface area (Å²) in [7, 11) is 0. The van der Waals surface area contributed by atoms with Gasteiger partial charge in [-0.1, -0.05) is 13.8 Å². The van der Waals surface area contributed by atoms with Gasteiger partial charge in [-0.25, -0.2) is 4.98 Å². The Bertz CT molecular complexity index is 544. The molecule has 23 heavy (non-hydrogen) atoms. The first-order valence-electron chi connectivity index (χ1n) is 8.37. The Labute approximate surface area is 142 Å². The molecule has 2 rings (SSSR count). The van der Waals surface area contributed by atoms with E-state index in [9.17, 15) is 9.59 Å². The van der Waals surface area contributed by atoms with E-state index >= 15 is 0 Å². The summed E-state index contributed by atoms with van der Waals surface area (Å²) in [6, 6.07) is 0. The smallest absolute Gasteiger partial charge is 0.310 e. The van der Waals surface area contributed by atoms with Crippen LogP contribution in [0.5, 0.6) is 0 Å². The third kappa shape index (κ3) is 4.77. The molecule has 6 heteroatoms. The zero-order valence-corrected chi connectivity index (χ0v) is 15.0. The lowest BCUT2D eigenvalue weighted by Gasteiger charge is -2.33. The van der Waals surface area contributed by atoms with Crippen LogP contribution < -0.4 is 0 Å². The Morgan fingerprint density at radius 3 is 2.96 bits per heavy atom. The van der Waals surface area contributed by atoms with Gasteiger partial charge in [-0.05, 0) is 26.2 Å². The van der Waals surface area contributed by atoms with E-state index in [1.807, 2.05) is 31.2 Å². The number of amides is 1. The molecule has 1 aliphatic rings. The average molecular weight is 338 g/mol. The molecule has 128 valence electrons. The molecule has 0 radical (unpaired) electrons. The highest BCUT2D eigenvalue weighted by molar-refractivity contribution is 7.09. The number of nitrogens with zero attached hydrogens (tertiary/aromatic N) is 2. The third-order valence-corrected chi connectivity index (χ3v) is 5.51. The normalized spacial score (nSPS) is 19.4. The van der Waals surface area contributed by atoms with Crippen molar-refractivity contribution in [1.82, 2.24) is 9.88 Å². The van der Waals surface area contributed by atoms with Gasteiger partial charge in [-0.2, -0.15) is 0 Å². The van der Waals surface area contributed by atoms with Crippen molar-refractivity contribution in [2.45, 2.75) is 46.5 Å². The highest BCUT2D eigenvalue weighted by atomic mass is 32.1. The minimum Gasteiger partial charge on any atom is -0.465 e. The quantitative estimate of drug-likeness (QED) is 0.748. The number of thiazole rings is 1. The number of ether oxygens (including phenoxy) is 1. The molecule has 0 aliphatic carbocycles. The zero-order valence-electron chi connectivity index (χ0n) is 14.2. The molecule has 0 unspecified atom stereocenters. The van der Waals surface area contributed by atoms with Crippen LogP contribution >= 0.6 is 11.3 Å². The van der Waals surface area contributed by atoms with Gasteiger partial charge in [0.25, 0.3) is 0 Å². The number of likely N-dealkylation sites (tertiary alicyclic amines) is 1. The van der Waals surface area contributed by atoms with Crippen LogP contribution in [0.15, 0.2) is 5.51 Å². The molecule has 1 aromatic rings. The van der Waals surface area contributed by atoms with Crippen LogP contribution in [0.25, 0.3) is 0 Å². The topological polar surface area (TPSA) is 59.5 Å². The summed E-state index contributed by atoms with van der Waals surface area (Å²) in [5.74, 6) is -0.169. The number of hydrogen-bond acceptors (Lipinski definition) is 5. The number of aryl methyl sites for hydroxylation is 1. The lowest BCUT2D eigenvalue weighted by atomic mass is 9.96. The molecule has 0 bridgehead atoms. The van der Waals surface area contributed by atoms with Crippen LogP contribution in [0.2, 0.25) is 0 Å². The summed E-state index contributed by atoms with van der Waals surface area (Å²) in [4.78, 5) is 31.7. The molecule has 1 amide bonds. The summed E-state index contributed by atoms with van der Waals surface area (Å²) in [5.41, 5.74) is 2.82. The van der Waals surface area contributed by atoms with Gasteiger partial charge in [0, 0.05) is 30.3 Å². The van der Waals surface area contributed by atoms with Crippen LogP contribution in [-0.4, -0.2) is 41.5 Å². The van der Waals surface area contributed by atoms with Gasteiger partial charge in [0.05, 0.1) is 23.7 Å². The maximum atomic E-state index is 12.3. The molecule has 1 aliphatic heterocycles. The van der Waals surface area contributed by atoms with E-state index in [4.69, 9.17) is 4.74 Å². The number of esters is 1. The summed E-state index contributed by atoms with van der Waals surface area (Å²) >= 11 is 1.59. The molecule has 1 saturated heterocycles. The number of piperidine rings is 1. The number of carbonyl (C=O) groups is 2. The fourth-order valence-electron chi connectivity index (χ4n) is 2.78. The first-order chi connectivity index (χ1) is 11.0. The van der Waals surface area contributed by atoms with Crippen molar-refractivity contribution in [2.75, 3.05) is 19.7 Å². The second-order valence-corrected chi connectivity index (χ2v) is 7.15. The fourth-order valence-corrected chi connectivity index (χ4v) is 3.55. The number of rotatable bonds is 6. The Morgan fingerprint density at radius 1 is 1.52 bits per heavy atom. The summed E-state index contributed by atoms with van der Waals surface area (Å²) in [6.07, 6.45) is 3.22. The molecule has 1 fully saturated rings. The molecule has 2 heterocycles. The summed E-state index contributed by atoms with van der Waals surface area (Å²) < 4.78 is 5.43. The van der Waals surface area contributed by atoms with E-state index < -0.39 is 0 Å². The van der Waals surface area contributed by atoms with Gasteiger partial charge in [0.2, 0.25) is 5.91 Å². The Hall–Kier alpha value is -1.43. The van der Waals surface area contributed by atoms with Crippen LogP contribution in [0, 0.1) is 18.8 Å². The largest absolute Gasteiger partial charge is 0.465 e. The Morgan fingerprint density at radius 2 is 2.30 bits per heavy atom. The predicted molar refractivity (Wildman–Crippen MR) is 90.3 cm³/mol. The lowest BCUT2D eigenvalue weighted by Crippen LogP contribution is -2.44. The van der Waals surface area contributed by atoms with Crippen molar-refractivity contribution in [3.63, 3.8) is 0 Å². The van der Waals surface area contributed by atoms with E-state index in [0.29, 0.717) is 19.6 Å². The number of hydrogen-bond donors (Lipinski definition) is 0. The minimum absolute atomic E-state index is 0.0269. The molecule has 5 nitrogen and oxygen atoms in total. The zero-order chi connectivity index (χ0) is 16.8. The van der Waals surface area contributed by atoms with Crippen molar-refractivity contribution in [1.29, 1.82) is 0 Å². The van der Waals surface area contributed by atoms with Crippen LogP contribution in [0.1, 0.15) is 43.7 Å². The van der Waals surface area contributed by atoms with E-state index in [1.54, 1.807) is 11.3 Å². The molecular weight excluding hydrogens is 312 g/mol. The molecule has 0 saturated carbocycles. The first-order valence-corrected chi connectivity index (χ1v) is 9.25. The van der Waals surface area contributed by atoms with Crippen molar-refractivity contribution in [2.24, 2.45) is 11.8 Å². The lowest BCUT2D eigenvalue weighted by molar-refractivity contribution is -0.152. The monoisotopic (exact) mass is 338 g/mol. The van der Waals surface area contributed by atoms with Crippen molar-refractivity contribution >= 4 is 23.2 Å². The van der Waals surface area contributed by atoms with Gasteiger partial charge >= 0.3 is 5.97 Å². The molecular formula is C17H26N2O3S. The van der Waals surface area contributed by atoms with Crippen LogP contribution in [0.4, 0.5) is 0 Å². The standard InChI is InChI=1S/C17H26N2O3S/c1-4-12(2)16(20)19-8-5-6-14(10-19)17(21)22-9-7-15-13(3)18-11-23-15/h11-12,14H,4-10H2,1-3H3/t12-,14-/m1/s1. The van der Waals surface area contributed by atoms with E-state index in [1.165, 1.54) is 0 Å². The number of carbonyl (C=O) groups excluding carboxylic acids is 2. The van der Waals surface area contributed by atoms with E-state index in [2.05, 4.69) is 4.98 Å². The molecule has 0 aromatic carbocycles. The minimum atomic E-state index is -0.181. The average Bonchev–Trinajstić information content (AvgIpc) is 2.98. The second kappa shape index (κ2) is 8.43. The van der Waals surface area contributed by atoms with Crippen LogP contribution in [0.3, 0.4) is 0 Å². The maximum Gasteiger partial charge on any atom is 0.310 e. The second-order valence-electron chi connectivity index (χ2n) is 6.21.